The molecule has 2 aliphatic heterocycles. The SMILES string of the molecule is NC(=O)C[C@H](NC(=O)[C@H](CC(=O)O)NC(=O)[C@@H](N)CC(N)=O)C(=O)N1CCC[C@H]1C(=O)N[C@@H](Cc1ccccc1)C(=O)N1CCC[C@H]1C(=O)O. The third-order valence-corrected chi connectivity index (χ3v) is 8.35. The van der Waals surface area contributed by atoms with Gasteiger partial charge in [-0.25, -0.2) is 4.79 Å². The van der Waals surface area contributed by atoms with Crippen molar-refractivity contribution in [2.75, 3.05) is 13.1 Å². The number of likely N-dealkylation sites (tertiary alicyclic amines) is 2. The van der Waals surface area contributed by atoms with Crippen molar-refractivity contribution in [1.29, 1.82) is 0 Å². The van der Waals surface area contributed by atoms with E-state index in [1.165, 1.54) is 4.90 Å². The van der Waals surface area contributed by atoms with E-state index in [0.717, 1.165) is 4.90 Å². The molecule has 272 valence electrons. The van der Waals surface area contributed by atoms with Crippen molar-refractivity contribution in [1.82, 2.24) is 25.8 Å². The van der Waals surface area contributed by atoms with Gasteiger partial charge in [0.2, 0.25) is 41.4 Å². The lowest BCUT2D eigenvalue weighted by Crippen LogP contribution is -2.60. The summed E-state index contributed by atoms with van der Waals surface area (Å²) in [7, 11) is 0. The van der Waals surface area contributed by atoms with E-state index in [-0.39, 0.29) is 32.4 Å². The van der Waals surface area contributed by atoms with Crippen molar-refractivity contribution in [3.8, 4) is 0 Å². The van der Waals surface area contributed by atoms with Crippen LogP contribution in [0.15, 0.2) is 30.3 Å². The fourth-order valence-corrected chi connectivity index (χ4v) is 5.95. The van der Waals surface area contributed by atoms with Gasteiger partial charge in [-0.2, -0.15) is 0 Å². The van der Waals surface area contributed by atoms with Crippen LogP contribution in [-0.2, 0) is 49.6 Å². The van der Waals surface area contributed by atoms with Crippen molar-refractivity contribution in [2.45, 2.75) is 87.6 Å². The molecule has 0 spiro atoms. The number of nitrogens with zero attached hydrogens (tertiary/aromatic N) is 2. The molecule has 19 nitrogen and oxygen atoms in total. The van der Waals surface area contributed by atoms with Crippen LogP contribution >= 0.6 is 0 Å². The first kappa shape index (κ1) is 38.9. The van der Waals surface area contributed by atoms with Gasteiger partial charge in [-0.05, 0) is 31.2 Å². The third-order valence-electron chi connectivity index (χ3n) is 8.35. The zero-order valence-corrected chi connectivity index (χ0v) is 27.1. The van der Waals surface area contributed by atoms with Gasteiger partial charge < -0.3 is 53.2 Å². The Labute approximate surface area is 286 Å². The fraction of sp³-hybridized carbons (Fsp3) is 0.516. The number of amides is 7. The van der Waals surface area contributed by atoms with E-state index in [1.54, 1.807) is 30.3 Å². The first-order valence-corrected chi connectivity index (χ1v) is 15.9. The molecule has 50 heavy (non-hydrogen) atoms. The van der Waals surface area contributed by atoms with Crippen LogP contribution in [0.1, 0.15) is 50.5 Å². The van der Waals surface area contributed by atoms with Gasteiger partial charge >= 0.3 is 11.9 Å². The number of carboxylic acid groups (broad SMARTS) is 2. The number of hydrogen-bond donors (Lipinski definition) is 8. The number of nitrogens with one attached hydrogen (secondary N) is 3. The number of benzene rings is 1. The summed E-state index contributed by atoms with van der Waals surface area (Å²) in [5, 5.41) is 26.0. The van der Waals surface area contributed by atoms with Crippen molar-refractivity contribution in [3.63, 3.8) is 0 Å². The first-order valence-electron chi connectivity index (χ1n) is 15.9. The van der Waals surface area contributed by atoms with E-state index < -0.39 is 109 Å². The molecule has 19 heteroatoms. The normalized spacial score (nSPS) is 19.4. The predicted molar refractivity (Wildman–Crippen MR) is 171 cm³/mol. The zero-order chi connectivity index (χ0) is 37.1. The molecule has 0 aliphatic carbocycles. The zero-order valence-electron chi connectivity index (χ0n) is 27.1. The lowest BCUT2D eigenvalue weighted by Gasteiger charge is -2.31. The van der Waals surface area contributed by atoms with Crippen molar-refractivity contribution in [3.05, 3.63) is 35.9 Å². The van der Waals surface area contributed by atoms with Crippen LogP contribution in [-0.4, -0.2) is 123 Å². The first-order chi connectivity index (χ1) is 23.6. The summed E-state index contributed by atoms with van der Waals surface area (Å²) in [6, 6.07) is 0.282. The topological polar surface area (TPSA) is 315 Å². The van der Waals surface area contributed by atoms with Gasteiger partial charge in [0.15, 0.2) is 0 Å². The van der Waals surface area contributed by atoms with E-state index in [9.17, 15) is 53.4 Å². The highest BCUT2D eigenvalue weighted by atomic mass is 16.4. The summed E-state index contributed by atoms with van der Waals surface area (Å²) in [5.41, 5.74) is 16.6. The predicted octanol–water partition coefficient (Wildman–Crippen LogP) is -3.70. The molecule has 1 aromatic rings. The summed E-state index contributed by atoms with van der Waals surface area (Å²) >= 11 is 0. The molecule has 0 radical (unpaired) electrons. The average Bonchev–Trinajstić information content (AvgIpc) is 3.74. The summed E-state index contributed by atoms with van der Waals surface area (Å²) in [6.07, 6.45) is -1.14. The monoisotopic (exact) mass is 702 g/mol. The van der Waals surface area contributed by atoms with Gasteiger partial charge in [-0.3, -0.25) is 38.4 Å². The summed E-state index contributed by atoms with van der Waals surface area (Å²) < 4.78 is 0. The number of carbonyl (C=O) groups is 9. The number of hydrogen-bond acceptors (Lipinski definition) is 10. The molecule has 2 heterocycles. The lowest BCUT2D eigenvalue weighted by molar-refractivity contribution is -0.150. The quantitative estimate of drug-likeness (QED) is 0.0778. The molecule has 2 aliphatic rings. The van der Waals surface area contributed by atoms with Crippen LogP contribution in [0.25, 0.3) is 0 Å². The van der Waals surface area contributed by atoms with Gasteiger partial charge in [-0.15, -0.1) is 0 Å². The maximum Gasteiger partial charge on any atom is 0.326 e. The third kappa shape index (κ3) is 10.7. The minimum absolute atomic E-state index is 0.00380. The minimum Gasteiger partial charge on any atom is -0.481 e. The van der Waals surface area contributed by atoms with Gasteiger partial charge in [-0.1, -0.05) is 30.3 Å². The molecule has 3 rings (SSSR count). The van der Waals surface area contributed by atoms with E-state index >= 15 is 0 Å². The molecular formula is C31H42N8O11. The maximum absolute atomic E-state index is 13.8. The Bertz CT molecular complexity index is 1490. The van der Waals surface area contributed by atoms with Gasteiger partial charge in [0, 0.05) is 19.5 Å². The Morgan fingerprint density at radius 2 is 1.24 bits per heavy atom. The smallest absolute Gasteiger partial charge is 0.326 e. The Hall–Kier alpha value is -5.59. The number of primary amides is 2. The van der Waals surface area contributed by atoms with Crippen molar-refractivity contribution < 1.29 is 53.4 Å². The van der Waals surface area contributed by atoms with Crippen molar-refractivity contribution >= 4 is 53.3 Å². The second-order valence-electron chi connectivity index (χ2n) is 12.1. The molecule has 6 atom stereocenters. The molecule has 1 aromatic carbocycles. The van der Waals surface area contributed by atoms with E-state index in [1.807, 2.05) is 0 Å². The van der Waals surface area contributed by atoms with Crippen LogP contribution in [0.4, 0.5) is 0 Å². The summed E-state index contributed by atoms with van der Waals surface area (Å²) in [6.45, 7) is 0.184. The largest absolute Gasteiger partial charge is 0.481 e. The van der Waals surface area contributed by atoms with E-state index in [0.29, 0.717) is 18.4 Å². The molecule has 0 saturated carbocycles. The van der Waals surface area contributed by atoms with Gasteiger partial charge in [0.05, 0.1) is 25.3 Å². The Kier molecular flexibility index (Phi) is 13.8. The standard InChI is InChI=1S/C31H42N8O11/c32-17(13-23(33)40)26(44)35-18(15-25(42)43)27(45)36-20(14-24(34)41)30(48)38-10-4-8-21(38)28(46)37-19(12-16-6-2-1-3-7-16)29(47)39-11-5-9-22(39)31(49)50/h1-3,6-7,17-22H,4-5,8-15,32H2,(H2,33,40)(H2,34,41)(H,35,44)(H,36,45)(H,37,46)(H,42,43)(H,49,50)/t17-,18-,19-,20-,21-,22-/m0/s1. The van der Waals surface area contributed by atoms with Gasteiger partial charge in [0.1, 0.15) is 30.2 Å². The molecular weight excluding hydrogens is 660 g/mol. The lowest BCUT2D eigenvalue weighted by atomic mass is 10.0. The van der Waals surface area contributed by atoms with Crippen LogP contribution in [0.2, 0.25) is 0 Å². The van der Waals surface area contributed by atoms with Crippen LogP contribution < -0.4 is 33.2 Å². The number of aliphatic carboxylic acids is 2. The fourth-order valence-electron chi connectivity index (χ4n) is 5.95. The highest BCUT2D eigenvalue weighted by molar-refractivity contribution is 5.99. The molecule has 7 amide bonds. The molecule has 0 bridgehead atoms. The highest BCUT2D eigenvalue weighted by Gasteiger charge is 2.42. The van der Waals surface area contributed by atoms with Crippen LogP contribution in [0.5, 0.6) is 0 Å². The number of rotatable bonds is 17. The minimum atomic E-state index is -1.80. The highest BCUT2D eigenvalue weighted by Crippen LogP contribution is 2.22. The van der Waals surface area contributed by atoms with Gasteiger partial charge in [0.25, 0.3) is 0 Å². The van der Waals surface area contributed by atoms with Crippen LogP contribution in [0, 0.1) is 0 Å². The Morgan fingerprint density at radius 1 is 0.700 bits per heavy atom. The summed E-state index contributed by atoms with van der Waals surface area (Å²) in [4.78, 5) is 115. The van der Waals surface area contributed by atoms with Crippen molar-refractivity contribution in [2.24, 2.45) is 17.2 Å². The Morgan fingerprint density at radius 3 is 1.80 bits per heavy atom. The number of carboxylic acids is 2. The summed E-state index contributed by atoms with van der Waals surface area (Å²) in [5.74, 6) is -9.19. The molecule has 0 aromatic heterocycles. The number of nitrogens with two attached hydrogens (primary N) is 3. The Balaban J connectivity index is 1.81. The molecule has 0 unspecified atom stereocenters. The van der Waals surface area contributed by atoms with E-state index in [4.69, 9.17) is 17.2 Å². The van der Waals surface area contributed by atoms with Crippen LogP contribution in [0.3, 0.4) is 0 Å². The second-order valence-corrected chi connectivity index (χ2v) is 12.1. The van der Waals surface area contributed by atoms with E-state index in [2.05, 4.69) is 16.0 Å². The molecule has 2 fully saturated rings. The number of carbonyl (C=O) groups excluding carboxylic acids is 7. The maximum atomic E-state index is 13.8. The molecule has 11 N–H and O–H groups in total. The second kappa shape index (κ2) is 17.7. The average molecular weight is 703 g/mol. The molecule has 2 saturated heterocycles.